The zero-order valence-electron chi connectivity index (χ0n) is 12.6. The maximum atomic E-state index is 5.35. The van der Waals surface area contributed by atoms with Gasteiger partial charge in [-0.1, -0.05) is 42.0 Å². The Morgan fingerprint density at radius 3 is 2.32 bits per heavy atom. The monoisotopic (exact) mass is 310 g/mol. The van der Waals surface area contributed by atoms with Gasteiger partial charge < -0.3 is 15.4 Å². The van der Waals surface area contributed by atoms with Gasteiger partial charge in [-0.3, -0.25) is 0 Å². The minimum atomic E-state index is 0.0518. The van der Waals surface area contributed by atoms with E-state index >= 15 is 0 Å². The fourth-order valence-corrected chi connectivity index (χ4v) is 2.68. The topological polar surface area (TPSA) is 33.3 Å². The van der Waals surface area contributed by atoms with Gasteiger partial charge in [0.05, 0.1) is 13.2 Å². The van der Waals surface area contributed by atoms with Crippen molar-refractivity contribution in [3.05, 3.63) is 71.3 Å². The Hall–Kier alpha value is -2.33. The molecule has 0 bridgehead atoms. The molecule has 1 aliphatic heterocycles. The first-order valence-corrected chi connectivity index (χ1v) is 7.57. The minimum absolute atomic E-state index is 0.0518. The number of hydrogen-bond acceptors (Lipinski definition) is 2. The van der Waals surface area contributed by atoms with Crippen molar-refractivity contribution in [2.75, 3.05) is 7.11 Å². The van der Waals surface area contributed by atoms with Crippen molar-refractivity contribution in [2.24, 2.45) is 0 Å². The summed E-state index contributed by atoms with van der Waals surface area (Å²) >= 11 is 5.35. The average molecular weight is 310 g/mol. The largest absolute Gasteiger partial charge is 0.497 e. The standard InChI is InChI=1S/C18H18N2OS/c1-12-3-5-13(6-4-12)16-11-17(20-18(22)19-16)14-7-9-15(21-2)10-8-14/h3-11,17H,1-2H3,(H2,19,20,22)/t17-/m0/s1. The zero-order chi connectivity index (χ0) is 15.5. The molecule has 0 amide bonds. The van der Waals surface area contributed by atoms with Crippen LogP contribution in [-0.4, -0.2) is 12.2 Å². The van der Waals surface area contributed by atoms with Crippen molar-refractivity contribution in [3.63, 3.8) is 0 Å². The smallest absolute Gasteiger partial charge is 0.171 e. The summed E-state index contributed by atoms with van der Waals surface area (Å²) < 4.78 is 5.21. The van der Waals surface area contributed by atoms with Gasteiger partial charge >= 0.3 is 0 Å². The predicted octanol–water partition coefficient (Wildman–Crippen LogP) is 3.56. The third kappa shape index (κ3) is 3.12. The van der Waals surface area contributed by atoms with Crippen molar-refractivity contribution in [1.29, 1.82) is 0 Å². The van der Waals surface area contributed by atoms with Crippen LogP contribution in [0, 0.1) is 6.92 Å². The number of hydrogen-bond donors (Lipinski definition) is 2. The minimum Gasteiger partial charge on any atom is -0.497 e. The Morgan fingerprint density at radius 1 is 1.00 bits per heavy atom. The molecular formula is C18H18N2OS. The number of thiocarbonyl (C=S) groups is 1. The van der Waals surface area contributed by atoms with Gasteiger partial charge in [-0.15, -0.1) is 0 Å². The summed E-state index contributed by atoms with van der Waals surface area (Å²) in [7, 11) is 1.67. The second-order valence-electron chi connectivity index (χ2n) is 5.30. The molecule has 1 heterocycles. The summed E-state index contributed by atoms with van der Waals surface area (Å²) in [5.41, 5.74) is 4.55. The Morgan fingerprint density at radius 2 is 1.68 bits per heavy atom. The maximum absolute atomic E-state index is 5.35. The van der Waals surface area contributed by atoms with E-state index in [1.807, 2.05) is 24.3 Å². The van der Waals surface area contributed by atoms with Gasteiger partial charge in [-0.2, -0.15) is 0 Å². The van der Waals surface area contributed by atoms with Crippen LogP contribution >= 0.6 is 12.2 Å². The molecule has 0 unspecified atom stereocenters. The van der Waals surface area contributed by atoms with Crippen LogP contribution in [-0.2, 0) is 0 Å². The second kappa shape index (κ2) is 6.20. The van der Waals surface area contributed by atoms with E-state index in [-0.39, 0.29) is 6.04 Å². The number of rotatable bonds is 3. The molecule has 2 N–H and O–H groups in total. The lowest BCUT2D eigenvalue weighted by molar-refractivity contribution is 0.414. The van der Waals surface area contributed by atoms with Crippen molar-refractivity contribution >= 4 is 23.0 Å². The number of benzene rings is 2. The highest BCUT2D eigenvalue weighted by molar-refractivity contribution is 7.80. The highest BCUT2D eigenvalue weighted by atomic mass is 32.1. The van der Waals surface area contributed by atoms with Crippen LogP contribution in [0.2, 0.25) is 0 Å². The summed E-state index contributed by atoms with van der Waals surface area (Å²) in [6.07, 6.45) is 2.16. The van der Waals surface area contributed by atoms with E-state index < -0.39 is 0 Å². The maximum Gasteiger partial charge on any atom is 0.171 e. The number of methoxy groups -OCH3 is 1. The SMILES string of the molecule is COc1ccc([C@@H]2C=C(c3ccc(C)cc3)NC(=S)N2)cc1. The van der Waals surface area contributed by atoms with Crippen LogP contribution in [0.25, 0.3) is 5.70 Å². The molecular weight excluding hydrogens is 292 g/mol. The molecule has 112 valence electrons. The van der Waals surface area contributed by atoms with Crippen LogP contribution in [0.5, 0.6) is 5.75 Å². The van der Waals surface area contributed by atoms with Crippen LogP contribution in [0.15, 0.2) is 54.6 Å². The molecule has 1 aliphatic rings. The molecule has 0 spiro atoms. The Labute approximate surface area is 136 Å². The molecule has 3 rings (SSSR count). The Balaban J connectivity index is 1.92. The molecule has 0 aromatic heterocycles. The molecule has 2 aromatic carbocycles. The van der Waals surface area contributed by atoms with E-state index in [2.05, 4.69) is 47.9 Å². The summed E-state index contributed by atoms with van der Waals surface area (Å²) in [6.45, 7) is 2.08. The molecule has 3 nitrogen and oxygen atoms in total. The average Bonchev–Trinajstić information content (AvgIpc) is 2.55. The first-order chi connectivity index (χ1) is 10.7. The van der Waals surface area contributed by atoms with Crippen molar-refractivity contribution in [1.82, 2.24) is 10.6 Å². The predicted molar refractivity (Wildman–Crippen MR) is 93.8 cm³/mol. The molecule has 1 atom stereocenters. The van der Waals surface area contributed by atoms with Crippen molar-refractivity contribution in [3.8, 4) is 5.75 Å². The first kappa shape index (κ1) is 14.6. The quantitative estimate of drug-likeness (QED) is 0.849. The van der Waals surface area contributed by atoms with Crippen molar-refractivity contribution in [2.45, 2.75) is 13.0 Å². The molecule has 22 heavy (non-hydrogen) atoms. The molecule has 0 fully saturated rings. The molecule has 0 saturated heterocycles. The fourth-order valence-electron chi connectivity index (χ4n) is 2.44. The Kier molecular flexibility index (Phi) is 4.11. The van der Waals surface area contributed by atoms with Gasteiger partial charge in [-0.25, -0.2) is 0 Å². The van der Waals surface area contributed by atoms with Crippen LogP contribution in [0.4, 0.5) is 0 Å². The lowest BCUT2D eigenvalue weighted by atomic mass is 10.0. The molecule has 0 saturated carbocycles. The summed E-state index contributed by atoms with van der Waals surface area (Å²) in [4.78, 5) is 0. The van der Waals surface area contributed by atoms with Crippen LogP contribution < -0.4 is 15.4 Å². The lowest BCUT2D eigenvalue weighted by Gasteiger charge is -2.26. The zero-order valence-corrected chi connectivity index (χ0v) is 13.4. The fraction of sp³-hybridized carbons (Fsp3) is 0.167. The van der Waals surface area contributed by atoms with E-state index in [4.69, 9.17) is 17.0 Å². The first-order valence-electron chi connectivity index (χ1n) is 7.16. The summed E-state index contributed by atoms with van der Waals surface area (Å²) in [5, 5.41) is 7.15. The third-order valence-electron chi connectivity index (χ3n) is 3.71. The lowest BCUT2D eigenvalue weighted by Crippen LogP contribution is -2.40. The van der Waals surface area contributed by atoms with E-state index in [0.717, 1.165) is 22.6 Å². The molecule has 0 aliphatic carbocycles. The molecule has 2 aromatic rings. The Bertz CT molecular complexity index is 705. The van der Waals surface area contributed by atoms with E-state index in [1.54, 1.807) is 7.11 Å². The van der Waals surface area contributed by atoms with Gasteiger partial charge in [0.2, 0.25) is 0 Å². The molecule has 4 heteroatoms. The van der Waals surface area contributed by atoms with Gasteiger partial charge in [0.15, 0.2) is 5.11 Å². The van der Waals surface area contributed by atoms with E-state index in [9.17, 15) is 0 Å². The number of aryl methyl sites for hydroxylation is 1. The highest BCUT2D eigenvalue weighted by Gasteiger charge is 2.18. The van der Waals surface area contributed by atoms with Crippen LogP contribution in [0.1, 0.15) is 22.7 Å². The van der Waals surface area contributed by atoms with Crippen LogP contribution in [0.3, 0.4) is 0 Å². The van der Waals surface area contributed by atoms with Gasteiger partial charge in [0, 0.05) is 5.70 Å². The molecule has 0 radical (unpaired) electrons. The van der Waals surface area contributed by atoms with Gasteiger partial charge in [-0.05, 0) is 48.5 Å². The van der Waals surface area contributed by atoms with E-state index in [1.165, 1.54) is 5.56 Å². The third-order valence-corrected chi connectivity index (χ3v) is 3.93. The summed E-state index contributed by atoms with van der Waals surface area (Å²) in [6, 6.07) is 16.5. The second-order valence-corrected chi connectivity index (χ2v) is 5.70. The summed E-state index contributed by atoms with van der Waals surface area (Å²) in [5.74, 6) is 0.850. The van der Waals surface area contributed by atoms with Gasteiger partial charge in [0.25, 0.3) is 0 Å². The van der Waals surface area contributed by atoms with E-state index in [0.29, 0.717) is 5.11 Å². The number of ether oxygens (including phenoxy) is 1. The van der Waals surface area contributed by atoms with Crippen molar-refractivity contribution < 1.29 is 4.74 Å². The van der Waals surface area contributed by atoms with Gasteiger partial charge in [0.1, 0.15) is 5.75 Å². The number of nitrogens with one attached hydrogen (secondary N) is 2. The highest BCUT2D eigenvalue weighted by Crippen LogP contribution is 2.25. The normalized spacial score (nSPS) is 17.3.